The molecular weight excluding hydrogens is 266 g/mol. The minimum Gasteiger partial charge on any atom is -0.480 e. The molecule has 0 spiro atoms. The molecule has 4 nitrogen and oxygen atoms in total. The molecule has 0 aromatic heterocycles. The highest BCUT2D eigenvalue weighted by atomic mass is 16.5. The van der Waals surface area contributed by atoms with Gasteiger partial charge in [0, 0.05) is 0 Å². The summed E-state index contributed by atoms with van der Waals surface area (Å²) in [4.78, 5) is 11.8. The topological polar surface area (TPSA) is 58.6 Å². The Morgan fingerprint density at radius 1 is 1.38 bits per heavy atom. The number of carboxylic acid groups (broad SMARTS) is 1. The first kappa shape index (κ1) is 16.8. The zero-order valence-corrected chi connectivity index (χ0v) is 13.9. The van der Waals surface area contributed by atoms with Crippen molar-refractivity contribution in [2.75, 3.05) is 13.2 Å². The van der Waals surface area contributed by atoms with Crippen LogP contribution in [0.25, 0.3) is 0 Å². The molecule has 0 aliphatic heterocycles. The van der Waals surface area contributed by atoms with Gasteiger partial charge in [-0.1, -0.05) is 27.7 Å². The van der Waals surface area contributed by atoms with Crippen LogP contribution in [0, 0.1) is 17.3 Å². The molecular formula is C17H31NO3. The average Bonchev–Trinajstić information content (AvgIpc) is 3.16. The van der Waals surface area contributed by atoms with E-state index in [0.29, 0.717) is 24.5 Å². The first-order valence-electron chi connectivity index (χ1n) is 8.39. The van der Waals surface area contributed by atoms with Gasteiger partial charge in [-0.05, 0) is 55.9 Å². The molecule has 2 N–H and O–H groups in total. The van der Waals surface area contributed by atoms with Crippen LogP contribution in [0.15, 0.2) is 0 Å². The lowest BCUT2D eigenvalue weighted by molar-refractivity contribution is -0.151. The summed E-state index contributed by atoms with van der Waals surface area (Å²) in [6.07, 6.45) is 5.50. The maximum atomic E-state index is 11.8. The Hall–Kier alpha value is -0.610. The number of carbonyl (C=O) groups is 1. The van der Waals surface area contributed by atoms with E-state index in [1.54, 1.807) is 0 Å². The third kappa shape index (κ3) is 3.98. The minimum absolute atomic E-state index is 0.194. The molecule has 2 saturated carbocycles. The molecule has 0 aromatic rings. The average molecular weight is 297 g/mol. The first-order chi connectivity index (χ1) is 9.79. The SMILES string of the molecule is CCNC(COC1CC(C)CC(C)(C)C1)(C(=O)O)C1CC1. The van der Waals surface area contributed by atoms with E-state index in [1.165, 1.54) is 6.42 Å². The van der Waals surface area contributed by atoms with Gasteiger partial charge in [0.25, 0.3) is 0 Å². The predicted octanol–water partition coefficient (Wildman–Crippen LogP) is 3.06. The number of hydrogen-bond donors (Lipinski definition) is 2. The summed E-state index contributed by atoms with van der Waals surface area (Å²) in [6.45, 7) is 9.77. The fourth-order valence-electron chi connectivity index (χ4n) is 4.15. The number of carboxylic acids is 1. The molecule has 3 unspecified atom stereocenters. The summed E-state index contributed by atoms with van der Waals surface area (Å²) in [7, 11) is 0. The first-order valence-corrected chi connectivity index (χ1v) is 8.39. The summed E-state index contributed by atoms with van der Waals surface area (Å²) in [5, 5.41) is 12.9. The lowest BCUT2D eigenvalue weighted by Gasteiger charge is -2.40. The fraction of sp³-hybridized carbons (Fsp3) is 0.941. The third-order valence-electron chi connectivity index (χ3n) is 5.04. The molecule has 0 radical (unpaired) electrons. The number of hydrogen-bond acceptors (Lipinski definition) is 3. The second-order valence-electron chi connectivity index (χ2n) is 7.93. The van der Waals surface area contributed by atoms with Crippen molar-refractivity contribution in [3.63, 3.8) is 0 Å². The van der Waals surface area contributed by atoms with Gasteiger partial charge in [-0.2, -0.15) is 0 Å². The molecule has 0 saturated heterocycles. The maximum Gasteiger partial charge on any atom is 0.326 e. The Kier molecular flexibility index (Phi) is 4.99. The van der Waals surface area contributed by atoms with E-state index in [1.807, 2.05) is 6.92 Å². The van der Waals surface area contributed by atoms with E-state index in [9.17, 15) is 9.90 Å². The Morgan fingerprint density at radius 3 is 2.52 bits per heavy atom. The Morgan fingerprint density at radius 2 is 2.05 bits per heavy atom. The lowest BCUT2D eigenvalue weighted by Crippen LogP contribution is -2.58. The van der Waals surface area contributed by atoms with Crippen molar-refractivity contribution in [3.05, 3.63) is 0 Å². The Balaban J connectivity index is 1.99. The van der Waals surface area contributed by atoms with Crippen LogP contribution in [0.4, 0.5) is 0 Å². The van der Waals surface area contributed by atoms with Gasteiger partial charge in [-0.15, -0.1) is 0 Å². The lowest BCUT2D eigenvalue weighted by atomic mass is 9.71. The van der Waals surface area contributed by atoms with Gasteiger partial charge in [0.2, 0.25) is 0 Å². The molecule has 21 heavy (non-hydrogen) atoms. The second-order valence-corrected chi connectivity index (χ2v) is 7.93. The van der Waals surface area contributed by atoms with Crippen molar-refractivity contribution < 1.29 is 14.6 Å². The number of ether oxygens (including phenoxy) is 1. The van der Waals surface area contributed by atoms with Crippen molar-refractivity contribution in [1.29, 1.82) is 0 Å². The standard InChI is InChI=1S/C17H31NO3/c1-5-18-17(15(19)20,13-6-7-13)11-21-14-8-12(2)9-16(3,4)10-14/h12-14,18H,5-11H2,1-4H3,(H,19,20). The number of aliphatic carboxylic acids is 1. The molecule has 3 atom stereocenters. The molecule has 0 bridgehead atoms. The number of rotatable bonds is 7. The third-order valence-corrected chi connectivity index (χ3v) is 5.04. The highest BCUT2D eigenvalue weighted by molar-refractivity contribution is 5.80. The predicted molar refractivity (Wildman–Crippen MR) is 83.3 cm³/mol. The quantitative estimate of drug-likeness (QED) is 0.758. The molecule has 122 valence electrons. The second kappa shape index (κ2) is 6.25. The summed E-state index contributed by atoms with van der Waals surface area (Å²) in [5.74, 6) is 0.122. The van der Waals surface area contributed by atoms with Gasteiger partial charge >= 0.3 is 5.97 Å². The van der Waals surface area contributed by atoms with Crippen LogP contribution in [0.2, 0.25) is 0 Å². The van der Waals surface area contributed by atoms with Crippen LogP contribution in [-0.2, 0) is 9.53 Å². The van der Waals surface area contributed by atoms with Crippen LogP contribution < -0.4 is 5.32 Å². The molecule has 2 aliphatic carbocycles. The largest absolute Gasteiger partial charge is 0.480 e. The van der Waals surface area contributed by atoms with Gasteiger partial charge in [-0.3, -0.25) is 10.1 Å². The van der Waals surface area contributed by atoms with Crippen molar-refractivity contribution in [2.24, 2.45) is 17.3 Å². The molecule has 2 fully saturated rings. The maximum absolute atomic E-state index is 11.8. The molecule has 0 amide bonds. The van der Waals surface area contributed by atoms with E-state index in [4.69, 9.17) is 4.74 Å². The van der Waals surface area contributed by atoms with Gasteiger partial charge in [0.05, 0.1) is 12.7 Å². The Labute approximate surface area is 128 Å². The van der Waals surface area contributed by atoms with Gasteiger partial charge in [0.15, 0.2) is 0 Å². The summed E-state index contributed by atoms with van der Waals surface area (Å²) >= 11 is 0. The minimum atomic E-state index is -0.875. The van der Waals surface area contributed by atoms with Crippen LogP contribution in [0.1, 0.15) is 59.8 Å². The molecule has 0 heterocycles. The van der Waals surface area contributed by atoms with E-state index >= 15 is 0 Å². The van der Waals surface area contributed by atoms with E-state index < -0.39 is 11.5 Å². The summed E-state index contributed by atoms with van der Waals surface area (Å²) in [6, 6.07) is 0. The normalized spacial score (nSPS) is 31.6. The molecule has 2 aliphatic rings. The van der Waals surface area contributed by atoms with Gasteiger partial charge in [-0.25, -0.2) is 0 Å². The summed E-state index contributed by atoms with van der Waals surface area (Å²) in [5.41, 5.74) is -0.578. The summed E-state index contributed by atoms with van der Waals surface area (Å²) < 4.78 is 6.13. The zero-order chi connectivity index (χ0) is 15.7. The van der Waals surface area contributed by atoms with E-state index in [0.717, 1.165) is 25.7 Å². The van der Waals surface area contributed by atoms with E-state index in [-0.39, 0.29) is 12.0 Å². The van der Waals surface area contributed by atoms with Crippen LogP contribution >= 0.6 is 0 Å². The zero-order valence-electron chi connectivity index (χ0n) is 13.9. The molecule has 0 aromatic carbocycles. The van der Waals surface area contributed by atoms with Crippen molar-refractivity contribution in [1.82, 2.24) is 5.32 Å². The van der Waals surface area contributed by atoms with E-state index in [2.05, 4.69) is 26.1 Å². The van der Waals surface area contributed by atoms with Crippen LogP contribution in [0.5, 0.6) is 0 Å². The monoisotopic (exact) mass is 297 g/mol. The Bertz CT molecular complexity index is 378. The van der Waals surface area contributed by atoms with Crippen LogP contribution in [-0.4, -0.2) is 35.9 Å². The molecule has 4 heteroatoms. The number of nitrogens with one attached hydrogen (secondary N) is 1. The van der Waals surface area contributed by atoms with Crippen LogP contribution in [0.3, 0.4) is 0 Å². The molecule has 2 rings (SSSR count). The van der Waals surface area contributed by atoms with Crippen molar-refractivity contribution in [3.8, 4) is 0 Å². The highest BCUT2D eigenvalue weighted by Crippen LogP contribution is 2.43. The van der Waals surface area contributed by atoms with Crippen molar-refractivity contribution >= 4 is 5.97 Å². The van der Waals surface area contributed by atoms with Crippen molar-refractivity contribution in [2.45, 2.75) is 71.4 Å². The number of likely N-dealkylation sites (N-methyl/N-ethyl adjacent to an activating group) is 1. The van der Waals surface area contributed by atoms with Gasteiger partial charge in [0.1, 0.15) is 5.54 Å². The fourth-order valence-corrected chi connectivity index (χ4v) is 4.15. The highest BCUT2D eigenvalue weighted by Gasteiger charge is 2.51. The smallest absolute Gasteiger partial charge is 0.326 e. The van der Waals surface area contributed by atoms with Gasteiger partial charge < -0.3 is 9.84 Å².